The molecule has 2 fully saturated rings. The Kier molecular flexibility index (Phi) is 4.08. The predicted octanol–water partition coefficient (Wildman–Crippen LogP) is 2.56. The molecular weight excluding hydrogens is 298 g/mol. The molecule has 122 valence electrons. The summed E-state index contributed by atoms with van der Waals surface area (Å²) in [5.74, 6) is 0.363. The topological polar surface area (TPSA) is 57.6 Å². The Bertz CT molecular complexity index is 658. The molecule has 1 aliphatic carbocycles. The number of fused-ring (bicyclic) bond motifs is 1. The van der Waals surface area contributed by atoms with Crippen molar-refractivity contribution in [2.75, 3.05) is 13.1 Å². The Balaban J connectivity index is 1.90. The fourth-order valence-electron chi connectivity index (χ4n) is 4.21. The summed E-state index contributed by atoms with van der Waals surface area (Å²) in [6.45, 7) is 4.83. The highest BCUT2D eigenvalue weighted by Gasteiger charge is 2.50. The Morgan fingerprint density at radius 2 is 2.05 bits per heavy atom. The van der Waals surface area contributed by atoms with Crippen LogP contribution in [0.15, 0.2) is 29.2 Å². The molecule has 0 unspecified atom stereocenters. The summed E-state index contributed by atoms with van der Waals surface area (Å²) in [4.78, 5) is 0.397. The van der Waals surface area contributed by atoms with Crippen LogP contribution >= 0.6 is 0 Å². The van der Waals surface area contributed by atoms with E-state index in [-0.39, 0.29) is 11.8 Å². The molecule has 0 bridgehead atoms. The first-order valence-corrected chi connectivity index (χ1v) is 9.60. The molecule has 2 aliphatic rings. The highest BCUT2D eigenvalue weighted by atomic mass is 32.2. The first-order valence-electron chi connectivity index (χ1n) is 8.16. The summed E-state index contributed by atoms with van der Waals surface area (Å²) < 4.78 is 27.5. The first kappa shape index (κ1) is 16.0. The predicted molar refractivity (Wildman–Crippen MR) is 86.0 cm³/mol. The fourth-order valence-corrected chi connectivity index (χ4v) is 5.96. The van der Waals surface area contributed by atoms with Gasteiger partial charge in [0.25, 0.3) is 0 Å². The van der Waals surface area contributed by atoms with Gasteiger partial charge in [-0.1, -0.05) is 31.5 Å². The highest BCUT2D eigenvalue weighted by Crippen LogP contribution is 2.45. The number of benzene rings is 1. The average Bonchev–Trinajstić information content (AvgIpc) is 2.94. The van der Waals surface area contributed by atoms with Crippen LogP contribution in [0.2, 0.25) is 0 Å². The van der Waals surface area contributed by atoms with Crippen LogP contribution in [0.1, 0.15) is 38.2 Å². The van der Waals surface area contributed by atoms with E-state index in [1.165, 1.54) is 0 Å². The van der Waals surface area contributed by atoms with Crippen molar-refractivity contribution in [2.24, 2.45) is 11.8 Å². The zero-order valence-corrected chi connectivity index (χ0v) is 14.1. The Labute approximate surface area is 133 Å². The summed E-state index contributed by atoms with van der Waals surface area (Å²) in [5.41, 5.74) is 0.0852. The smallest absolute Gasteiger partial charge is 0.243 e. The molecule has 5 heteroatoms. The Hall–Kier alpha value is -0.910. The minimum absolute atomic E-state index is 0.0741. The van der Waals surface area contributed by atoms with Crippen molar-refractivity contribution in [1.82, 2.24) is 4.31 Å². The van der Waals surface area contributed by atoms with Crippen LogP contribution in [-0.2, 0) is 10.0 Å². The minimum Gasteiger partial charge on any atom is -0.390 e. The van der Waals surface area contributed by atoms with Crippen LogP contribution < -0.4 is 0 Å². The Morgan fingerprint density at radius 3 is 2.73 bits per heavy atom. The standard InChI is InChI=1S/C17H25NO3S/c1-3-17(19)10-6-8-14-11-18(12-15(14)17)22(20,21)16-9-5-4-7-13(16)2/h4-5,7,9,14-15,19H,3,6,8,10-12H2,1-2H3/t14-,15+,17-/m1/s1. The molecule has 1 N–H and O–H groups in total. The van der Waals surface area contributed by atoms with Crippen molar-refractivity contribution in [2.45, 2.75) is 50.0 Å². The summed E-state index contributed by atoms with van der Waals surface area (Å²) in [7, 11) is -3.46. The molecule has 0 spiro atoms. The van der Waals surface area contributed by atoms with Gasteiger partial charge in [-0.05, 0) is 43.7 Å². The second-order valence-corrected chi connectivity index (χ2v) is 8.71. The SMILES string of the molecule is CC[C@@]1(O)CCC[C@@H]2CN(S(=O)(=O)c3ccccc3C)C[C@@H]21. The van der Waals surface area contributed by atoms with E-state index in [9.17, 15) is 13.5 Å². The summed E-state index contributed by atoms with van der Waals surface area (Å²) in [5, 5.41) is 10.8. The molecule has 0 amide bonds. The van der Waals surface area contributed by atoms with Gasteiger partial charge >= 0.3 is 0 Å². The van der Waals surface area contributed by atoms with E-state index >= 15 is 0 Å². The molecule has 1 aromatic carbocycles. The number of nitrogens with zero attached hydrogens (tertiary/aromatic N) is 1. The molecule has 0 radical (unpaired) electrons. The van der Waals surface area contributed by atoms with Crippen LogP contribution in [-0.4, -0.2) is 36.5 Å². The molecule has 1 saturated heterocycles. The van der Waals surface area contributed by atoms with Crippen molar-refractivity contribution in [3.63, 3.8) is 0 Å². The lowest BCUT2D eigenvalue weighted by Crippen LogP contribution is -2.44. The van der Waals surface area contributed by atoms with Gasteiger partial charge in [-0.15, -0.1) is 0 Å². The van der Waals surface area contributed by atoms with Gasteiger partial charge in [0.1, 0.15) is 0 Å². The van der Waals surface area contributed by atoms with Gasteiger partial charge in [-0.3, -0.25) is 0 Å². The number of aliphatic hydroxyl groups is 1. The largest absolute Gasteiger partial charge is 0.390 e. The van der Waals surface area contributed by atoms with E-state index in [0.29, 0.717) is 24.4 Å². The van der Waals surface area contributed by atoms with Crippen LogP contribution in [0.25, 0.3) is 0 Å². The lowest BCUT2D eigenvalue weighted by Gasteiger charge is -2.40. The van der Waals surface area contributed by atoms with E-state index in [2.05, 4.69) is 0 Å². The van der Waals surface area contributed by atoms with Gasteiger partial charge in [0.15, 0.2) is 0 Å². The van der Waals surface area contributed by atoms with Gasteiger partial charge in [-0.2, -0.15) is 4.31 Å². The molecule has 1 saturated carbocycles. The normalized spacial score (nSPS) is 32.9. The zero-order chi connectivity index (χ0) is 16.0. The number of hydrogen-bond donors (Lipinski definition) is 1. The molecule has 1 heterocycles. The third kappa shape index (κ3) is 2.49. The van der Waals surface area contributed by atoms with Gasteiger partial charge in [0, 0.05) is 19.0 Å². The maximum absolute atomic E-state index is 12.9. The van der Waals surface area contributed by atoms with E-state index in [4.69, 9.17) is 0 Å². The zero-order valence-electron chi connectivity index (χ0n) is 13.3. The first-order chi connectivity index (χ1) is 10.4. The van der Waals surface area contributed by atoms with Crippen molar-refractivity contribution in [3.05, 3.63) is 29.8 Å². The third-order valence-electron chi connectivity index (χ3n) is 5.61. The molecule has 22 heavy (non-hydrogen) atoms. The second kappa shape index (κ2) is 5.62. The molecule has 0 aromatic heterocycles. The maximum Gasteiger partial charge on any atom is 0.243 e. The average molecular weight is 323 g/mol. The summed E-state index contributed by atoms with van der Waals surface area (Å²) in [6.07, 6.45) is 3.51. The Morgan fingerprint density at radius 1 is 1.32 bits per heavy atom. The summed E-state index contributed by atoms with van der Waals surface area (Å²) >= 11 is 0. The second-order valence-electron chi connectivity index (χ2n) is 6.80. The molecule has 1 aliphatic heterocycles. The van der Waals surface area contributed by atoms with Gasteiger partial charge < -0.3 is 5.11 Å². The van der Waals surface area contributed by atoms with Crippen LogP contribution in [0.4, 0.5) is 0 Å². The van der Waals surface area contributed by atoms with Crippen molar-refractivity contribution in [3.8, 4) is 0 Å². The van der Waals surface area contributed by atoms with Crippen LogP contribution in [0.5, 0.6) is 0 Å². The molecule has 3 rings (SSSR count). The monoisotopic (exact) mass is 323 g/mol. The van der Waals surface area contributed by atoms with Crippen molar-refractivity contribution in [1.29, 1.82) is 0 Å². The molecule has 1 aromatic rings. The van der Waals surface area contributed by atoms with Crippen molar-refractivity contribution < 1.29 is 13.5 Å². The molecule has 3 atom stereocenters. The number of sulfonamides is 1. The molecule has 4 nitrogen and oxygen atoms in total. The van der Waals surface area contributed by atoms with Gasteiger partial charge in [0.05, 0.1) is 10.5 Å². The number of rotatable bonds is 3. The van der Waals surface area contributed by atoms with Crippen LogP contribution in [0, 0.1) is 18.8 Å². The third-order valence-corrected chi connectivity index (χ3v) is 7.60. The highest BCUT2D eigenvalue weighted by molar-refractivity contribution is 7.89. The lowest BCUT2D eigenvalue weighted by molar-refractivity contribution is -0.0605. The number of hydrogen-bond acceptors (Lipinski definition) is 3. The summed E-state index contributed by atoms with van der Waals surface area (Å²) in [6, 6.07) is 7.14. The quantitative estimate of drug-likeness (QED) is 0.930. The van der Waals surface area contributed by atoms with E-state index in [0.717, 1.165) is 24.8 Å². The van der Waals surface area contributed by atoms with Gasteiger partial charge in [-0.25, -0.2) is 8.42 Å². The van der Waals surface area contributed by atoms with E-state index in [1.807, 2.05) is 26.0 Å². The van der Waals surface area contributed by atoms with E-state index < -0.39 is 15.6 Å². The lowest BCUT2D eigenvalue weighted by atomic mass is 9.69. The van der Waals surface area contributed by atoms with Gasteiger partial charge in [0.2, 0.25) is 10.0 Å². The maximum atomic E-state index is 12.9. The molecular formula is C17H25NO3S. The van der Waals surface area contributed by atoms with Crippen LogP contribution in [0.3, 0.4) is 0 Å². The van der Waals surface area contributed by atoms with Crippen molar-refractivity contribution >= 4 is 10.0 Å². The van der Waals surface area contributed by atoms with E-state index in [1.54, 1.807) is 16.4 Å². The number of aryl methyl sites for hydroxylation is 1. The minimum atomic E-state index is -3.46. The fraction of sp³-hybridized carbons (Fsp3) is 0.647.